The highest BCUT2D eigenvalue weighted by Gasteiger charge is 2.18. The lowest BCUT2D eigenvalue weighted by Crippen LogP contribution is -2.35. The fraction of sp³-hybridized carbons (Fsp3) is 0.700. The van der Waals surface area contributed by atoms with E-state index in [0.717, 1.165) is 26.2 Å². The second kappa shape index (κ2) is 5.01. The highest BCUT2D eigenvalue weighted by Crippen LogP contribution is 2.16. The molecule has 1 aromatic heterocycles. The average molecular weight is 226 g/mol. The lowest BCUT2D eigenvalue weighted by molar-refractivity contribution is 0.225. The van der Waals surface area contributed by atoms with Crippen LogP contribution in [0.2, 0.25) is 0 Å². The third-order valence-electron chi connectivity index (χ3n) is 2.87. The predicted molar refractivity (Wildman–Crippen MR) is 63.8 cm³/mol. The monoisotopic (exact) mass is 226 g/mol. The van der Waals surface area contributed by atoms with Crippen LogP contribution in [0.4, 0.5) is 0 Å². The first-order chi connectivity index (χ1) is 7.35. The first-order valence-corrected chi connectivity index (χ1v) is 6.69. The minimum Gasteiger partial charge on any atom is -0.326 e. The Morgan fingerprint density at radius 2 is 2.40 bits per heavy atom. The number of nitrogens with zero attached hydrogens (tertiary/aromatic N) is 3. The first-order valence-electron chi connectivity index (χ1n) is 5.30. The Morgan fingerprint density at radius 3 is 3.13 bits per heavy atom. The quantitative estimate of drug-likeness (QED) is 0.813. The largest absolute Gasteiger partial charge is 0.326 e. The summed E-state index contributed by atoms with van der Waals surface area (Å²) in [6.07, 6.45) is 4.06. The Balaban J connectivity index is 2.04. The third kappa shape index (κ3) is 2.35. The van der Waals surface area contributed by atoms with Crippen LogP contribution < -0.4 is 5.73 Å². The van der Waals surface area contributed by atoms with Crippen LogP contribution in [0.1, 0.15) is 11.3 Å². The molecule has 15 heavy (non-hydrogen) atoms. The lowest BCUT2D eigenvalue weighted by Gasteiger charge is -2.27. The van der Waals surface area contributed by atoms with Crippen LogP contribution in [0.5, 0.6) is 0 Å². The standard InChI is InChI=1S/C10H18N4S/c1-15-5-4-13-2-3-14-10(8-13)9(6-11)7-12-14/h7H,2-6,8,11H2,1H3. The summed E-state index contributed by atoms with van der Waals surface area (Å²) >= 11 is 1.90. The number of nitrogens with two attached hydrogens (primary N) is 1. The highest BCUT2D eigenvalue weighted by molar-refractivity contribution is 7.98. The van der Waals surface area contributed by atoms with Crippen molar-refractivity contribution in [3.63, 3.8) is 0 Å². The zero-order valence-electron chi connectivity index (χ0n) is 9.15. The fourth-order valence-electron chi connectivity index (χ4n) is 1.93. The summed E-state index contributed by atoms with van der Waals surface area (Å²) in [7, 11) is 0. The molecule has 1 aliphatic rings. The van der Waals surface area contributed by atoms with Crippen LogP contribution in [-0.2, 0) is 19.6 Å². The summed E-state index contributed by atoms with van der Waals surface area (Å²) in [6, 6.07) is 0. The zero-order chi connectivity index (χ0) is 10.7. The fourth-order valence-corrected chi connectivity index (χ4v) is 2.37. The van der Waals surface area contributed by atoms with Gasteiger partial charge in [-0.2, -0.15) is 16.9 Å². The van der Waals surface area contributed by atoms with E-state index in [1.807, 2.05) is 18.0 Å². The molecule has 0 unspecified atom stereocenters. The van der Waals surface area contributed by atoms with Gasteiger partial charge in [-0.05, 0) is 6.26 Å². The van der Waals surface area contributed by atoms with Gasteiger partial charge in [0.25, 0.3) is 0 Å². The van der Waals surface area contributed by atoms with Crippen molar-refractivity contribution in [3.05, 3.63) is 17.5 Å². The van der Waals surface area contributed by atoms with Gasteiger partial charge in [-0.15, -0.1) is 0 Å². The maximum absolute atomic E-state index is 5.69. The molecule has 0 spiro atoms. The molecule has 1 aromatic rings. The number of hydrogen-bond acceptors (Lipinski definition) is 4. The van der Waals surface area contributed by atoms with E-state index in [0.29, 0.717) is 6.54 Å². The minimum atomic E-state index is 0.603. The molecule has 0 fully saturated rings. The molecule has 0 atom stereocenters. The zero-order valence-corrected chi connectivity index (χ0v) is 9.96. The van der Waals surface area contributed by atoms with Gasteiger partial charge in [-0.3, -0.25) is 9.58 Å². The molecule has 2 heterocycles. The van der Waals surface area contributed by atoms with Gasteiger partial charge in [-0.25, -0.2) is 0 Å². The Labute approximate surface area is 94.8 Å². The molecule has 2 N–H and O–H groups in total. The van der Waals surface area contributed by atoms with Crippen LogP contribution in [0.15, 0.2) is 6.20 Å². The van der Waals surface area contributed by atoms with E-state index in [4.69, 9.17) is 5.73 Å². The summed E-state index contributed by atoms with van der Waals surface area (Å²) < 4.78 is 2.10. The van der Waals surface area contributed by atoms with Crippen molar-refractivity contribution in [2.24, 2.45) is 5.73 Å². The second-order valence-electron chi connectivity index (χ2n) is 3.81. The van der Waals surface area contributed by atoms with E-state index >= 15 is 0 Å². The van der Waals surface area contributed by atoms with E-state index in [1.54, 1.807) is 0 Å². The first kappa shape index (κ1) is 11.0. The maximum Gasteiger partial charge on any atom is 0.0569 e. The van der Waals surface area contributed by atoms with E-state index in [9.17, 15) is 0 Å². The van der Waals surface area contributed by atoms with Crippen molar-refractivity contribution in [3.8, 4) is 0 Å². The van der Waals surface area contributed by atoms with Gasteiger partial charge in [0, 0.05) is 37.5 Å². The summed E-state index contributed by atoms with van der Waals surface area (Å²) in [6.45, 7) is 4.89. The molecule has 4 nitrogen and oxygen atoms in total. The summed E-state index contributed by atoms with van der Waals surface area (Å²) in [5, 5.41) is 4.35. The van der Waals surface area contributed by atoms with E-state index in [2.05, 4.69) is 20.9 Å². The number of aromatic nitrogens is 2. The molecule has 1 aliphatic heterocycles. The van der Waals surface area contributed by atoms with Gasteiger partial charge < -0.3 is 5.73 Å². The van der Waals surface area contributed by atoms with Crippen molar-refractivity contribution in [1.82, 2.24) is 14.7 Å². The Morgan fingerprint density at radius 1 is 1.53 bits per heavy atom. The second-order valence-corrected chi connectivity index (χ2v) is 4.80. The van der Waals surface area contributed by atoms with Crippen molar-refractivity contribution in [1.29, 1.82) is 0 Å². The van der Waals surface area contributed by atoms with Crippen molar-refractivity contribution in [2.75, 3.05) is 25.1 Å². The summed E-state index contributed by atoms with van der Waals surface area (Å²) in [5.41, 5.74) is 8.20. The minimum absolute atomic E-state index is 0.603. The molecule has 0 saturated heterocycles. The van der Waals surface area contributed by atoms with Crippen LogP contribution in [0.3, 0.4) is 0 Å². The van der Waals surface area contributed by atoms with E-state index in [1.165, 1.54) is 17.0 Å². The number of hydrogen-bond donors (Lipinski definition) is 1. The molecule has 0 aliphatic carbocycles. The Kier molecular flexibility index (Phi) is 3.66. The van der Waals surface area contributed by atoms with Gasteiger partial charge in [0.1, 0.15) is 0 Å². The van der Waals surface area contributed by atoms with Crippen LogP contribution in [0, 0.1) is 0 Å². The Bertz CT molecular complexity index is 310. The van der Waals surface area contributed by atoms with Crippen LogP contribution >= 0.6 is 11.8 Å². The molecular weight excluding hydrogens is 208 g/mol. The molecule has 5 heteroatoms. The molecular formula is C10H18N4S. The topological polar surface area (TPSA) is 47.1 Å². The lowest BCUT2D eigenvalue weighted by atomic mass is 10.2. The van der Waals surface area contributed by atoms with Gasteiger partial charge in [0.2, 0.25) is 0 Å². The van der Waals surface area contributed by atoms with Gasteiger partial charge >= 0.3 is 0 Å². The van der Waals surface area contributed by atoms with Crippen molar-refractivity contribution >= 4 is 11.8 Å². The molecule has 0 amide bonds. The smallest absolute Gasteiger partial charge is 0.0569 e. The van der Waals surface area contributed by atoms with Crippen molar-refractivity contribution < 1.29 is 0 Å². The molecule has 0 radical (unpaired) electrons. The molecule has 0 saturated carbocycles. The third-order valence-corrected chi connectivity index (χ3v) is 3.46. The molecule has 84 valence electrons. The summed E-state index contributed by atoms with van der Waals surface area (Å²) in [4.78, 5) is 2.48. The maximum atomic E-state index is 5.69. The molecule has 0 aromatic carbocycles. The van der Waals surface area contributed by atoms with Gasteiger partial charge in [0.15, 0.2) is 0 Å². The van der Waals surface area contributed by atoms with Crippen molar-refractivity contribution in [2.45, 2.75) is 19.6 Å². The van der Waals surface area contributed by atoms with Gasteiger partial charge in [0.05, 0.1) is 18.4 Å². The van der Waals surface area contributed by atoms with E-state index in [-0.39, 0.29) is 0 Å². The van der Waals surface area contributed by atoms with Crippen LogP contribution in [0.25, 0.3) is 0 Å². The highest BCUT2D eigenvalue weighted by atomic mass is 32.2. The normalized spacial score (nSPS) is 16.7. The number of fused-ring (bicyclic) bond motifs is 1. The average Bonchev–Trinajstić information content (AvgIpc) is 2.68. The van der Waals surface area contributed by atoms with Crippen LogP contribution in [-0.4, -0.2) is 39.8 Å². The molecule has 2 rings (SSSR count). The number of thioether (sulfide) groups is 1. The van der Waals surface area contributed by atoms with E-state index < -0.39 is 0 Å². The molecule has 0 bridgehead atoms. The number of rotatable bonds is 4. The Hall–Kier alpha value is -0.520. The SMILES string of the molecule is CSCCN1CCn2ncc(CN)c2C1. The predicted octanol–water partition coefficient (Wildman–Crippen LogP) is 0.520. The van der Waals surface area contributed by atoms with Gasteiger partial charge in [-0.1, -0.05) is 0 Å². The summed E-state index contributed by atoms with van der Waals surface area (Å²) in [5.74, 6) is 1.20.